The molecule has 4 aliphatic rings. The summed E-state index contributed by atoms with van der Waals surface area (Å²) < 4.78 is 27.4. The van der Waals surface area contributed by atoms with Gasteiger partial charge in [-0.3, -0.25) is 19.6 Å². The van der Waals surface area contributed by atoms with Crippen molar-refractivity contribution in [3.63, 3.8) is 0 Å². The fraction of sp³-hybridized carbons (Fsp3) is 0.283. The number of nitrogens with zero attached hydrogens (tertiary/aromatic N) is 4. The summed E-state index contributed by atoms with van der Waals surface area (Å²) >= 11 is 5.52. The number of ketones is 1. The minimum atomic E-state index is -0.233. The van der Waals surface area contributed by atoms with Crippen LogP contribution < -0.4 is 5.73 Å². The molecule has 63 heavy (non-hydrogen) atoms. The van der Waals surface area contributed by atoms with Crippen LogP contribution in [0.2, 0.25) is 0 Å². The van der Waals surface area contributed by atoms with E-state index >= 15 is 0 Å². The summed E-state index contributed by atoms with van der Waals surface area (Å²) in [5, 5.41) is 1.53. The molecule has 2 N–H and O–H groups in total. The van der Waals surface area contributed by atoms with Gasteiger partial charge in [0.1, 0.15) is 28.8 Å². The second-order valence-electron chi connectivity index (χ2n) is 17.2. The van der Waals surface area contributed by atoms with Gasteiger partial charge < -0.3 is 5.73 Å². The van der Waals surface area contributed by atoms with Crippen LogP contribution in [0.5, 0.6) is 0 Å². The van der Waals surface area contributed by atoms with Crippen LogP contribution in [0.1, 0.15) is 79.4 Å². The fourth-order valence-corrected chi connectivity index (χ4v) is 10.4. The van der Waals surface area contributed by atoms with Crippen molar-refractivity contribution in [2.75, 3.05) is 5.73 Å². The number of hydrogen-bond acceptors (Lipinski definition) is 7. The Morgan fingerprint density at radius 2 is 1.19 bits per heavy atom. The fourth-order valence-electron chi connectivity index (χ4n) is 10.1. The monoisotopic (exact) mass is 857 g/mol. The van der Waals surface area contributed by atoms with Crippen LogP contribution in [0, 0.1) is 71.8 Å². The Hall–Kier alpha value is -6.55. The van der Waals surface area contributed by atoms with Crippen molar-refractivity contribution < 1.29 is 18.4 Å². The highest BCUT2D eigenvalue weighted by Gasteiger charge is 2.39. The van der Waals surface area contributed by atoms with E-state index in [0.29, 0.717) is 71.8 Å². The zero-order chi connectivity index (χ0) is 44.0. The number of rotatable bonds is 8. The van der Waals surface area contributed by atoms with E-state index in [1.807, 2.05) is 18.2 Å². The van der Waals surface area contributed by atoms with E-state index in [0.717, 1.165) is 77.0 Å². The molecule has 0 spiro atoms. The lowest BCUT2D eigenvalue weighted by Gasteiger charge is -2.12. The number of nitrogens with two attached hydrogens (primary N) is 1. The zero-order valence-corrected chi connectivity index (χ0v) is 35.4. The van der Waals surface area contributed by atoms with Gasteiger partial charge in [0.15, 0.2) is 0 Å². The molecule has 10 heteroatoms. The number of carbonyl (C=O) groups is 2. The molecule has 0 amide bonds. The van der Waals surface area contributed by atoms with Crippen molar-refractivity contribution in [3.8, 4) is 24.7 Å². The quantitative estimate of drug-likeness (QED) is 0.120. The van der Waals surface area contributed by atoms with Gasteiger partial charge in [-0.1, -0.05) is 30.1 Å². The lowest BCUT2D eigenvalue weighted by atomic mass is 9.93. The first-order valence-electron chi connectivity index (χ1n) is 21.3. The number of halogens is 3. The summed E-state index contributed by atoms with van der Waals surface area (Å²) in [6, 6.07) is 20.6. The number of pyridine rings is 4. The number of hydrogen-bond donors (Lipinski definition) is 1. The lowest BCUT2D eigenvalue weighted by molar-refractivity contribution is -0.119. The number of aromatic nitrogens is 4. The van der Waals surface area contributed by atoms with Crippen molar-refractivity contribution in [1.82, 2.24) is 19.9 Å². The molecule has 4 aromatic heterocycles. The summed E-state index contributed by atoms with van der Waals surface area (Å²) in [6.45, 7) is 0. The van der Waals surface area contributed by atoms with Gasteiger partial charge in [0.05, 0.1) is 22.9 Å². The molecule has 2 fully saturated rings. The van der Waals surface area contributed by atoms with Gasteiger partial charge in [-0.2, -0.15) is 0 Å². The molecule has 0 radical (unpaired) electrons. The SMILES string of the molecule is C#Cc1ccc(CC(=O)C[C@@H]2C[C@@H]3CC(c4ccnc5ccc(F)cc45)=C[C@@H]3C2)cn1.C#Cc1ccc(N)cn1.O=C(Cl)C[C@@H]1C[C@@H]2CC(c3ccnc4ccc(F)cc34)=C[C@@H]2C1. The van der Waals surface area contributed by atoms with Crippen molar-refractivity contribution in [2.24, 2.45) is 35.5 Å². The Morgan fingerprint density at radius 3 is 1.65 bits per heavy atom. The Bertz CT molecular complexity index is 2830. The lowest BCUT2D eigenvalue weighted by Crippen LogP contribution is -2.09. The smallest absolute Gasteiger partial charge is 0.221 e. The Labute approximate surface area is 371 Å². The van der Waals surface area contributed by atoms with E-state index in [-0.39, 0.29) is 22.7 Å². The molecule has 4 heterocycles. The summed E-state index contributed by atoms with van der Waals surface area (Å²) in [6.07, 6.45) is 29.6. The Kier molecular flexibility index (Phi) is 13.2. The average Bonchev–Trinajstić information content (AvgIpc) is 4.05. The average molecular weight is 858 g/mol. The van der Waals surface area contributed by atoms with Gasteiger partial charge in [-0.25, -0.2) is 18.7 Å². The first-order valence-corrected chi connectivity index (χ1v) is 21.7. The summed E-state index contributed by atoms with van der Waals surface area (Å²) in [5.41, 5.74) is 14.5. The van der Waals surface area contributed by atoms with Crippen LogP contribution in [-0.4, -0.2) is 31.0 Å². The Balaban J connectivity index is 0.000000149. The molecule has 10 rings (SSSR count). The molecule has 7 nitrogen and oxygen atoms in total. The van der Waals surface area contributed by atoms with Crippen LogP contribution in [0.3, 0.4) is 0 Å². The highest BCUT2D eigenvalue weighted by molar-refractivity contribution is 6.63. The number of Topliss-reactive ketones (excluding diaryl/α,β-unsaturated/α-hetero) is 1. The summed E-state index contributed by atoms with van der Waals surface area (Å²) in [5.74, 6) is 7.71. The minimum absolute atomic E-state index is 0.227. The van der Waals surface area contributed by atoms with Crippen molar-refractivity contribution in [3.05, 3.63) is 149 Å². The van der Waals surface area contributed by atoms with E-state index in [1.165, 1.54) is 29.5 Å². The number of carbonyl (C=O) groups excluding carboxylic acids is 2. The maximum absolute atomic E-state index is 13.8. The maximum atomic E-state index is 13.8. The van der Waals surface area contributed by atoms with Crippen molar-refractivity contribution in [2.45, 2.75) is 57.8 Å². The zero-order valence-electron chi connectivity index (χ0n) is 34.7. The summed E-state index contributed by atoms with van der Waals surface area (Å²) in [4.78, 5) is 40.4. The molecule has 0 aliphatic heterocycles. The standard InChI is InChI=1S/C27H23FN2O.C19H17ClFNO.C7H6N2/c1-2-23-5-3-17(16-30-23)11-24(31)12-18-9-19-13-21(14-20(19)10-18)25-7-8-29-27-6-4-22(28)15-26(25)27;20-19(23)7-11-5-12-8-14(9-13(12)6-11)16-3-4-22-18-2-1-15(21)10-17(16)18;1-2-7-4-3-6(8)5-9-7/h1,3-8,13,15-16,18-20H,9-12,14H2;1-4,8,10-13H,5-7,9H2;1,3-5H,8H2/t18-,19-,20+;11-,12-,13+;/m00./s1. The number of benzene rings is 2. The first-order chi connectivity index (χ1) is 30.5. The first kappa shape index (κ1) is 43.1. The van der Waals surface area contributed by atoms with Crippen molar-refractivity contribution in [1.29, 1.82) is 0 Å². The van der Waals surface area contributed by atoms with E-state index < -0.39 is 0 Å². The third-order valence-electron chi connectivity index (χ3n) is 12.9. The second-order valence-corrected chi connectivity index (χ2v) is 17.6. The van der Waals surface area contributed by atoms with E-state index in [2.05, 4.69) is 43.9 Å². The van der Waals surface area contributed by atoms with E-state index in [1.54, 1.807) is 61.1 Å². The normalized spacial score (nSPS) is 21.7. The molecule has 0 saturated heterocycles. The molecule has 2 aromatic carbocycles. The molecule has 6 aromatic rings. The molecule has 0 unspecified atom stereocenters. The minimum Gasteiger partial charge on any atom is -0.397 e. The molecular formula is C53H46ClF2N5O2. The Morgan fingerprint density at radius 1 is 0.667 bits per heavy atom. The maximum Gasteiger partial charge on any atom is 0.221 e. The van der Waals surface area contributed by atoms with Crippen LogP contribution in [0.25, 0.3) is 33.0 Å². The van der Waals surface area contributed by atoms with Gasteiger partial charge in [-0.15, -0.1) is 12.8 Å². The van der Waals surface area contributed by atoms with Gasteiger partial charge in [-0.05, 0) is 180 Å². The van der Waals surface area contributed by atoms with Gasteiger partial charge in [0.2, 0.25) is 5.24 Å². The van der Waals surface area contributed by atoms with Crippen molar-refractivity contribution >= 4 is 61.3 Å². The molecule has 2 saturated carbocycles. The molecule has 4 aliphatic carbocycles. The van der Waals surface area contributed by atoms with E-state index in [4.69, 9.17) is 30.2 Å². The van der Waals surface area contributed by atoms with Crippen LogP contribution in [0.15, 0.2) is 110 Å². The molecule has 6 atom stereocenters. The van der Waals surface area contributed by atoms with E-state index in [9.17, 15) is 18.4 Å². The number of nitrogen functional groups attached to an aromatic ring is 1. The predicted molar refractivity (Wildman–Crippen MR) is 246 cm³/mol. The highest BCUT2D eigenvalue weighted by atomic mass is 35.5. The number of allylic oxidation sites excluding steroid dienone is 4. The van der Waals surface area contributed by atoms with Crippen LogP contribution >= 0.6 is 11.6 Å². The highest BCUT2D eigenvalue weighted by Crippen LogP contribution is 2.51. The molecular weight excluding hydrogens is 812 g/mol. The summed E-state index contributed by atoms with van der Waals surface area (Å²) in [7, 11) is 0. The predicted octanol–water partition coefficient (Wildman–Crippen LogP) is 11.0. The van der Waals surface area contributed by atoms with Gasteiger partial charge in [0.25, 0.3) is 0 Å². The topological polar surface area (TPSA) is 112 Å². The van der Waals surface area contributed by atoms with Gasteiger partial charge >= 0.3 is 0 Å². The largest absolute Gasteiger partial charge is 0.397 e. The molecule has 0 bridgehead atoms. The van der Waals surface area contributed by atoms with Gasteiger partial charge in [0, 0.05) is 48.6 Å². The van der Waals surface area contributed by atoms with Crippen LogP contribution in [-0.2, 0) is 16.0 Å². The third kappa shape index (κ3) is 10.4. The number of terminal acetylenes is 2. The third-order valence-corrected chi connectivity index (χ3v) is 13.0. The number of fused-ring (bicyclic) bond motifs is 4. The number of anilines is 1. The molecule has 316 valence electrons. The second kappa shape index (κ2) is 19.2. The van der Waals surface area contributed by atoms with Crippen LogP contribution in [0.4, 0.5) is 14.5 Å².